The van der Waals surface area contributed by atoms with E-state index in [2.05, 4.69) is 5.32 Å². The van der Waals surface area contributed by atoms with E-state index in [4.69, 9.17) is 4.74 Å². The summed E-state index contributed by atoms with van der Waals surface area (Å²) in [5.41, 5.74) is 0. The van der Waals surface area contributed by atoms with E-state index in [1.807, 2.05) is 11.8 Å². The number of carboxylic acids is 1. The summed E-state index contributed by atoms with van der Waals surface area (Å²) < 4.78 is 5.44. The number of carbonyl (C=O) groups excluding carboxylic acids is 1. The summed E-state index contributed by atoms with van der Waals surface area (Å²) in [5, 5.41) is 12.6. The molecule has 3 fully saturated rings. The highest BCUT2D eigenvalue weighted by atomic mass is 16.5. The van der Waals surface area contributed by atoms with Crippen molar-refractivity contribution in [3.63, 3.8) is 0 Å². The van der Waals surface area contributed by atoms with E-state index < -0.39 is 5.97 Å². The van der Waals surface area contributed by atoms with Gasteiger partial charge in [-0.25, -0.2) is 0 Å². The van der Waals surface area contributed by atoms with Crippen LogP contribution in [0.3, 0.4) is 0 Å². The maximum atomic E-state index is 12.8. The van der Waals surface area contributed by atoms with Crippen LogP contribution in [0.15, 0.2) is 0 Å². The van der Waals surface area contributed by atoms with Gasteiger partial charge in [0, 0.05) is 18.1 Å². The molecular formula is C14H22N2O4. The highest BCUT2D eigenvalue weighted by Crippen LogP contribution is 2.43. The van der Waals surface area contributed by atoms with Gasteiger partial charge in [0.2, 0.25) is 5.91 Å². The van der Waals surface area contributed by atoms with Crippen LogP contribution in [0.1, 0.15) is 26.2 Å². The minimum Gasteiger partial charge on any atom is -0.481 e. The summed E-state index contributed by atoms with van der Waals surface area (Å²) >= 11 is 0. The molecule has 3 saturated heterocycles. The first-order valence-corrected chi connectivity index (χ1v) is 7.49. The molecule has 5 unspecified atom stereocenters. The second-order valence-corrected chi connectivity index (χ2v) is 6.03. The Morgan fingerprint density at radius 1 is 1.30 bits per heavy atom. The van der Waals surface area contributed by atoms with Gasteiger partial charge in [-0.3, -0.25) is 9.59 Å². The van der Waals surface area contributed by atoms with Gasteiger partial charge in [-0.1, -0.05) is 6.92 Å². The number of likely N-dealkylation sites (N-methyl/N-ethyl adjacent to an activating group) is 1. The lowest BCUT2D eigenvalue weighted by atomic mass is 9.89. The summed E-state index contributed by atoms with van der Waals surface area (Å²) in [7, 11) is 0. The zero-order valence-electron chi connectivity index (χ0n) is 11.7. The number of hydrogen-bond acceptors (Lipinski definition) is 4. The second kappa shape index (κ2) is 5.33. The van der Waals surface area contributed by atoms with Crippen molar-refractivity contribution in [3.8, 4) is 0 Å². The predicted molar refractivity (Wildman–Crippen MR) is 71.2 cm³/mol. The van der Waals surface area contributed by atoms with E-state index in [9.17, 15) is 14.7 Å². The van der Waals surface area contributed by atoms with Crippen molar-refractivity contribution in [1.82, 2.24) is 10.2 Å². The fraction of sp³-hybridized carbons (Fsp3) is 0.857. The standard InChI is InChI=1S/C14H22N2O4/c1-2-15-11-7-20-6-10(11)13(17)16-8-3-4-12(16)9(5-8)14(18)19/h8-12,15H,2-7H2,1H3,(H,18,19). The van der Waals surface area contributed by atoms with Crippen molar-refractivity contribution < 1.29 is 19.4 Å². The molecule has 3 aliphatic rings. The van der Waals surface area contributed by atoms with Crippen molar-refractivity contribution in [2.75, 3.05) is 19.8 Å². The van der Waals surface area contributed by atoms with Crippen LogP contribution < -0.4 is 5.32 Å². The molecule has 6 heteroatoms. The third-order valence-corrected chi connectivity index (χ3v) is 4.97. The van der Waals surface area contributed by atoms with Gasteiger partial charge in [-0.2, -0.15) is 0 Å². The van der Waals surface area contributed by atoms with Crippen molar-refractivity contribution in [1.29, 1.82) is 0 Å². The zero-order chi connectivity index (χ0) is 14.3. The largest absolute Gasteiger partial charge is 0.481 e. The lowest BCUT2D eigenvalue weighted by Crippen LogP contribution is -2.48. The summed E-state index contributed by atoms with van der Waals surface area (Å²) in [6.07, 6.45) is 2.39. The Kier molecular flexibility index (Phi) is 3.69. The number of nitrogens with zero attached hydrogens (tertiary/aromatic N) is 1. The quantitative estimate of drug-likeness (QED) is 0.763. The zero-order valence-corrected chi connectivity index (χ0v) is 11.7. The number of ether oxygens (including phenoxy) is 1. The lowest BCUT2D eigenvalue weighted by molar-refractivity contribution is -0.143. The average Bonchev–Trinajstić information content (AvgIpc) is 3.11. The fourth-order valence-corrected chi connectivity index (χ4v) is 4.05. The van der Waals surface area contributed by atoms with Crippen LogP contribution >= 0.6 is 0 Å². The summed E-state index contributed by atoms with van der Waals surface area (Å²) in [4.78, 5) is 25.9. The molecule has 112 valence electrons. The van der Waals surface area contributed by atoms with E-state index >= 15 is 0 Å². The third-order valence-electron chi connectivity index (χ3n) is 4.97. The number of aliphatic carboxylic acids is 1. The Morgan fingerprint density at radius 2 is 2.10 bits per heavy atom. The summed E-state index contributed by atoms with van der Waals surface area (Å²) in [5.74, 6) is -1.21. The monoisotopic (exact) mass is 282 g/mol. The number of amides is 1. The number of fused-ring (bicyclic) bond motifs is 2. The Labute approximate surface area is 118 Å². The van der Waals surface area contributed by atoms with E-state index in [1.165, 1.54) is 0 Å². The SMILES string of the molecule is CCNC1COCC1C(=O)N1C2CCC1C(C(=O)O)C2. The van der Waals surface area contributed by atoms with Gasteiger partial charge >= 0.3 is 5.97 Å². The molecule has 3 heterocycles. The van der Waals surface area contributed by atoms with Gasteiger partial charge in [-0.05, 0) is 25.8 Å². The minimum absolute atomic E-state index is 0.0655. The Balaban J connectivity index is 1.73. The van der Waals surface area contributed by atoms with E-state index in [1.54, 1.807) is 0 Å². The van der Waals surface area contributed by atoms with E-state index in [-0.39, 0.29) is 35.9 Å². The number of carboxylic acid groups (broad SMARTS) is 1. The van der Waals surface area contributed by atoms with Crippen LogP contribution in [0, 0.1) is 11.8 Å². The van der Waals surface area contributed by atoms with E-state index in [0.717, 1.165) is 19.4 Å². The van der Waals surface area contributed by atoms with E-state index in [0.29, 0.717) is 19.6 Å². The summed E-state index contributed by atoms with van der Waals surface area (Å²) in [6, 6.07) is 0.0835. The summed E-state index contributed by atoms with van der Waals surface area (Å²) in [6.45, 7) is 3.84. The van der Waals surface area contributed by atoms with Crippen LogP contribution in [-0.2, 0) is 14.3 Å². The molecule has 20 heavy (non-hydrogen) atoms. The molecule has 6 nitrogen and oxygen atoms in total. The van der Waals surface area contributed by atoms with Gasteiger partial charge in [0.05, 0.1) is 25.0 Å². The third kappa shape index (κ3) is 2.11. The molecule has 0 aromatic heterocycles. The maximum absolute atomic E-state index is 12.8. The average molecular weight is 282 g/mol. The van der Waals surface area contributed by atoms with Crippen molar-refractivity contribution in [3.05, 3.63) is 0 Å². The second-order valence-electron chi connectivity index (χ2n) is 6.03. The molecule has 0 aromatic rings. The molecule has 2 N–H and O–H groups in total. The van der Waals surface area contributed by atoms with Crippen LogP contribution in [-0.4, -0.2) is 59.8 Å². The number of carbonyl (C=O) groups is 2. The van der Waals surface area contributed by atoms with Gasteiger partial charge < -0.3 is 20.1 Å². The van der Waals surface area contributed by atoms with Crippen molar-refractivity contribution in [2.45, 2.75) is 44.3 Å². The molecule has 3 rings (SSSR count). The maximum Gasteiger partial charge on any atom is 0.308 e. The molecule has 0 radical (unpaired) electrons. The minimum atomic E-state index is -0.763. The molecule has 0 saturated carbocycles. The smallest absolute Gasteiger partial charge is 0.308 e. The van der Waals surface area contributed by atoms with Gasteiger partial charge in [0.25, 0.3) is 0 Å². The highest BCUT2D eigenvalue weighted by molar-refractivity contribution is 5.83. The topological polar surface area (TPSA) is 78.9 Å². The fourth-order valence-electron chi connectivity index (χ4n) is 4.05. The Morgan fingerprint density at radius 3 is 2.75 bits per heavy atom. The Hall–Kier alpha value is -1.14. The first kappa shape index (κ1) is 13.8. The van der Waals surface area contributed by atoms with Gasteiger partial charge in [0.1, 0.15) is 0 Å². The van der Waals surface area contributed by atoms with Crippen LogP contribution in [0.25, 0.3) is 0 Å². The lowest BCUT2D eigenvalue weighted by Gasteiger charge is -2.28. The molecule has 3 aliphatic heterocycles. The van der Waals surface area contributed by atoms with Crippen LogP contribution in [0.4, 0.5) is 0 Å². The van der Waals surface area contributed by atoms with Crippen LogP contribution in [0.2, 0.25) is 0 Å². The molecule has 5 atom stereocenters. The molecule has 2 bridgehead atoms. The Bertz CT molecular complexity index is 414. The molecule has 0 spiro atoms. The molecule has 0 aromatic carbocycles. The highest BCUT2D eigenvalue weighted by Gasteiger charge is 2.53. The normalized spacial score (nSPS) is 39.5. The first-order valence-electron chi connectivity index (χ1n) is 7.49. The number of rotatable bonds is 4. The predicted octanol–water partition coefficient (Wildman–Crippen LogP) is 0.0750. The molecular weight excluding hydrogens is 260 g/mol. The van der Waals surface area contributed by atoms with Crippen molar-refractivity contribution in [2.24, 2.45) is 11.8 Å². The van der Waals surface area contributed by atoms with Gasteiger partial charge in [-0.15, -0.1) is 0 Å². The number of hydrogen-bond donors (Lipinski definition) is 2. The first-order chi connectivity index (χ1) is 9.63. The van der Waals surface area contributed by atoms with Gasteiger partial charge in [0.15, 0.2) is 0 Å². The number of nitrogens with one attached hydrogen (secondary N) is 1. The molecule has 1 amide bonds. The molecule has 0 aliphatic carbocycles. The van der Waals surface area contributed by atoms with Crippen LogP contribution in [0.5, 0.6) is 0 Å². The van der Waals surface area contributed by atoms with Crippen molar-refractivity contribution >= 4 is 11.9 Å².